The number of carboxylic acid groups (broad SMARTS) is 1. The summed E-state index contributed by atoms with van der Waals surface area (Å²) in [6.45, 7) is 2.12. The molecule has 3 aromatic carbocycles. The Balaban J connectivity index is 1.86. The number of hydrogen-bond donors (Lipinski definition) is 2. The number of carbonyl (C=O) groups is 3. The molecule has 0 bridgehead atoms. The van der Waals surface area contributed by atoms with Crippen molar-refractivity contribution in [2.24, 2.45) is 5.84 Å². The summed E-state index contributed by atoms with van der Waals surface area (Å²) in [5.41, 5.74) is 2.25. The first kappa shape index (κ1) is 20.5. The Morgan fingerprint density at radius 1 is 0.903 bits per heavy atom. The standard InChI is InChI=1S/C25H22N2O4/c1-2-3-6-15-9-11-16(12-10-15)27(26)22-20(25(30)31)14-13-19-21(22)24(29)18-8-5-4-7-17(18)23(19)28/h4-5,7-14H,2-3,6,26H2,1H3,(H,30,31). The Morgan fingerprint density at radius 3 is 2.16 bits per heavy atom. The third kappa shape index (κ3) is 3.51. The lowest BCUT2D eigenvalue weighted by atomic mass is 9.82. The number of hydrogen-bond acceptors (Lipinski definition) is 5. The maximum absolute atomic E-state index is 13.3. The summed E-state index contributed by atoms with van der Waals surface area (Å²) in [5, 5.41) is 11.0. The van der Waals surface area contributed by atoms with Crippen molar-refractivity contribution in [2.75, 3.05) is 5.01 Å². The smallest absolute Gasteiger partial charge is 0.337 e. The normalized spacial score (nSPS) is 12.3. The van der Waals surface area contributed by atoms with Gasteiger partial charge in [0.15, 0.2) is 11.6 Å². The van der Waals surface area contributed by atoms with Crippen molar-refractivity contribution in [2.45, 2.75) is 26.2 Å². The number of aromatic carboxylic acids is 1. The minimum atomic E-state index is -1.23. The van der Waals surface area contributed by atoms with Gasteiger partial charge in [0.05, 0.1) is 22.5 Å². The molecule has 0 aliphatic heterocycles. The molecule has 6 heteroatoms. The monoisotopic (exact) mass is 414 g/mol. The summed E-state index contributed by atoms with van der Waals surface area (Å²) >= 11 is 0. The van der Waals surface area contributed by atoms with Crippen molar-refractivity contribution < 1.29 is 19.5 Å². The first-order valence-corrected chi connectivity index (χ1v) is 10.2. The second kappa shape index (κ2) is 8.16. The Morgan fingerprint density at radius 2 is 1.55 bits per heavy atom. The predicted molar refractivity (Wildman–Crippen MR) is 118 cm³/mol. The number of anilines is 2. The fraction of sp³-hybridized carbons (Fsp3) is 0.160. The van der Waals surface area contributed by atoms with Crippen molar-refractivity contribution in [1.29, 1.82) is 0 Å². The number of fused-ring (bicyclic) bond motifs is 2. The number of rotatable bonds is 6. The fourth-order valence-electron chi connectivity index (χ4n) is 3.93. The van der Waals surface area contributed by atoms with Crippen LogP contribution in [0.2, 0.25) is 0 Å². The molecule has 0 radical (unpaired) electrons. The zero-order chi connectivity index (χ0) is 22.1. The number of unbranched alkanes of at least 4 members (excludes halogenated alkanes) is 1. The summed E-state index contributed by atoms with van der Waals surface area (Å²) in [6.07, 6.45) is 3.09. The molecule has 0 amide bonds. The lowest BCUT2D eigenvalue weighted by molar-refractivity contribution is 0.0697. The lowest BCUT2D eigenvalue weighted by Crippen LogP contribution is -2.32. The van der Waals surface area contributed by atoms with E-state index in [-0.39, 0.29) is 33.7 Å². The molecular formula is C25H22N2O4. The number of benzene rings is 3. The van der Waals surface area contributed by atoms with Crippen LogP contribution in [0, 0.1) is 0 Å². The minimum Gasteiger partial charge on any atom is -0.478 e. The molecule has 0 atom stereocenters. The number of ketones is 2. The van der Waals surface area contributed by atoms with Crippen LogP contribution in [0.3, 0.4) is 0 Å². The van der Waals surface area contributed by atoms with Gasteiger partial charge in [0, 0.05) is 16.7 Å². The molecule has 156 valence electrons. The first-order valence-electron chi connectivity index (χ1n) is 10.2. The van der Waals surface area contributed by atoms with E-state index in [1.54, 1.807) is 36.4 Å². The Hall–Kier alpha value is -3.77. The van der Waals surface area contributed by atoms with Crippen LogP contribution in [0.15, 0.2) is 60.7 Å². The summed E-state index contributed by atoms with van der Waals surface area (Å²) in [5.74, 6) is 4.39. The molecule has 4 rings (SSSR count). The van der Waals surface area contributed by atoms with E-state index in [0.29, 0.717) is 11.3 Å². The van der Waals surface area contributed by atoms with Gasteiger partial charge in [-0.25, -0.2) is 10.6 Å². The van der Waals surface area contributed by atoms with Gasteiger partial charge in [-0.1, -0.05) is 49.7 Å². The van der Waals surface area contributed by atoms with Gasteiger partial charge in [0.1, 0.15) is 0 Å². The van der Waals surface area contributed by atoms with Crippen molar-refractivity contribution in [3.8, 4) is 0 Å². The summed E-state index contributed by atoms with van der Waals surface area (Å²) in [7, 11) is 0. The molecule has 6 nitrogen and oxygen atoms in total. The molecular weight excluding hydrogens is 392 g/mol. The zero-order valence-electron chi connectivity index (χ0n) is 17.1. The highest BCUT2D eigenvalue weighted by molar-refractivity contribution is 6.31. The van der Waals surface area contributed by atoms with Gasteiger partial charge < -0.3 is 5.11 Å². The van der Waals surface area contributed by atoms with E-state index in [0.717, 1.165) is 24.8 Å². The number of hydrazine groups is 1. The number of carboxylic acids is 1. The third-order valence-electron chi connectivity index (χ3n) is 5.57. The van der Waals surface area contributed by atoms with Crippen LogP contribution in [0.5, 0.6) is 0 Å². The van der Waals surface area contributed by atoms with Crippen molar-refractivity contribution in [3.05, 3.63) is 94.0 Å². The minimum absolute atomic E-state index is 0.0131. The van der Waals surface area contributed by atoms with E-state index in [2.05, 4.69) is 6.92 Å². The first-order chi connectivity index (χ1) is 14.9. The molecule has 0 saturated carbocycles. The zero-order valence-corrected chi connectivity index (χ0v) is 17.1. The van der Waals surface area contributed by atoms with Crippen LogP contribution in [0.4, 0.5) is 11.4 Å². The van der Waals surface area contributed by atoms with Crippen LogP contribution < -0.4 is 10.9 Å². The number of nitrogens with two attached hydrogens (primary N) is 1. The van der Waals surface area contributed by atoms with E-state index in [1.807, 2.05) is 12.1 Å². The van der Waals surface area contributed by atoms with Crippen LogP contribution in [-0.4, -0.2) is 22.6 Å². The van der Waals surface area contributed by atoms with Gasteiger partial charge in [-0.05, 0) is 42.7 Å². The van der Waals surface area contributed by atoms with Gasteiger partial charge >= 0.3 is 5.97 Å². The second-order valence-corrected chi connectivity index (χ2v) is 7.53. The largest absolute Gasteiger partial charge is 0.478 e. The van der Waals surface area contributed by atoms with Crippen molar-refractivity contribution in [3.63, 3.8) is 0 Å². The average molecular weight is 414 g/mol. The molecule has 1 aliphatic rings. The van der Waals surface area contributed by atoms with Crippen LogP contribution in [-0.2, 0) is 6.42 Å². The molecule has 3 aromatic rings. The van der Waals surface area contributed by atoms with Gasteiger partial charge in [-0.15, -0.1) is 0 Å². The summed E-state index contributed by atoms with van der Waals surface area (Å²) < 4.78 is 0. The lowest BCUT2D eigenvalue weighted by Gasteiger charge is -2.27. The highest BCUT2D eigenvalue weighted by Gasteiger charge is 2.35. The highest BCUT2D eigenvalue weighted by atomic mass is 16.4. The van der Waals surface area contributed by atoms with Crippen molar-refractivity contribution >= 4 is 28.9 Å². The van der Waals surface area contributed by atoms with Gasteiger partial charge in [-0.3, -0.25) is 14.6 Å². The fourth-order valence-corrected chi connectivity index (χ4v) is 3.93. The maximum Gasteiger partial charge on any atom is 0.337 e. The number of carbonyl (C=O) groups excluding carboxylic acids is 2. The van der Waals surface area contributed by atoms with Gasteiger partial charge in [-0.2, -0.15) is 0 Å². The molecule has 31 heavy (non-hydrogen) atoms. The van der Waals surface area contributed by atoms with Gasteiger partial charge in [0.25, 0.3) is 0 Å². The van der Waals surface area contributed by atoms with E-state index in [4.69, 9.17) is 5.84 Å². The van der Waals surface area contributed by atoms with Crippen molar-refractivity contribution in [1.82, 2.24) is 0 Å². The van der Waals surface area contributed by atoms with E-state index < -0.39 is 11.8 Å². The van der Waals surface area contributed by atoms with Crippen LogP contribution in [0.1, 0.15) is 67.5 Å². The number of nitrogens with zero attached hydrogens (tertiary/aromatic N) is 1. The summed E-state index contributed by atoms with van der Waals surface area (Å²) in [6, 6.07) is 16.7. The molecule has 0 fully saturated rings. The molecule has 0 aromatic heterocycles. The van der Waals surface area contributed by atoms with Crippen LogP contribution in [0.25, 0.3) is 0 Å². The van der Waals surface area contributed by atoms with Gasteiger partial charge in [0.2, 0.25) is 0 Å². The Bertz CT molecular complexity index is 1200. The molecule has 3 N–H and O–H groups in total. The molecule has 1 aliphatic carbocycles. The topological polar surface area (TPSA) is 101 Å². The molecule has 0 saturated heterocycles. The predicted octanol–water partition coefficient (Wildman–Crippen LogP) is 4.51. The quantitative estimate of drug-likeness (QED) is 0.355. The highest BCUT2D eigenvalue weighted by Crippen LogP contribution is 2.38. The summed E-state index contributed by atoms with van der Waals surface area (Å²) in [4.78, 5) is 38.3. The maximum atomic E-state index is 13.3. The SMILES string of the molecule is CCCCc1ccc(N(N)c2c(C(=O)O)ccc3c2C(=O)c2ccccc2C3=O)cc1. The average Bonchev–Trinajstić information content (AvgIpc) is 2.80. The molecule has 0 spiro atoms. The third-order valence-corrected chi connectivity index (χ3v) is 5.57. The van der Waals surface area contributed by atoms with E-state index in [9.17, 15) is 19.5 Å². The Labute approximate surface area is 179 Å². The molecule has 0 unspecified atom stereocenters. The van der Waals surface area contributed by atoms with E-state index in [1.165, 1.54) is 17.1 Å². The molecule has 0 heterocycles. The second-order valence-electron chi connectivity index (χ2n) is 7.53. The number of aryl methyl sites for hydroxylation is 1. The Kier molecular flexibility index (Phi) is 5.40. The van der Waals surface area contributed by atoms with Crippen LogP contribution >= 0.6 is 0 Å². The van der Waals surface area contributed by atoms with E-state index >= 15 is 0 Å².